The summed E-state index contributed by atoms with van der Waals surface area (Å²) < 4.78 is 24.1. The Kier molecular flexibility index (Phi) is 8.85. The zero-order chi connectivity index (χ0) is 20.6. The highest BCUT2D eigenvalue weighted by molar-refractivity contribution is 14.0. The number of anilines is 1. The van der Waals surface area contributed by atoms with Crippen LogP contribution < -0.4 is 20.5 Å². The minimum Gasteiger partial charge on any atom is -0.491 e. The molecule has 3 aromatic rings. The molecule has 0 amide bonds. The van der Waals surface area contributed by atoms with Crippen molar-refractivity contribution in [3.8, 4) is 17.4 Å². The summed E-state index contributed by atoms with van der Waals surface area (Å²) in [7, 11) is 0. The van der Waals surface area contributed by atoms with Gasteiger partial charge in [0.05, 0.1) is 12.6 Å². The van der Waals surface area contributed by atoms with Gasteiger partial charge in [-0.15, -0.1) is 24.0 Å². The summed E-state index contributed by atoms with van der Waals surface area (Å²) >= 11 is 0. The number of halogens is 2. The normalized spacial score (nSPS) is 11.0. The lowest BCUT2D eigenvalue weighted by Gasteiger charge is -2.11. The molecule has 1 heterocycles. The molecule has 0 saturated heterocycles. The van der Waals surface area contributed by atoms with E-state index in [1.54, 1.807) is 24.4 Å². The zero-order valence-corrected chi connectivity index (χ0v) is 19.0. The minimum atomic E-state index is -0.315. The van der Waals surface area contributed by atoms with E-state index < -0.39 is 0 Å². The van der Waals surface area contributed by atoms with Crippen molar-refractivity contribution in [3.05, 3.63) is 78.2 Å². The molecular weight excluding hydrogens is 498 g/mol. The van der Waals surface area contributed by atoms with Gasteiger partial charge < -0.3 is 20.5 Å². The van der Waals surface area contributed by atoms with Crippen LogP contribution in [-0.4, -0.2) is 17.0 Å². The highest BCUT2D eigenvalue weighted by Gasteiger charge is 2.02. The Bertz CT molecular complexity index is 946. The molecular formula is C22H24FIN4O2. The summed E-state index contributed by atoms with van der Waals surface area (Å²) in [5.41, 5.74) is 7.65. The van der Waals surface area contributed by atoms with E-state index in [1.807, 2.05) is 44.2 Å². The molecule has 158 valence electrons. The second kappa shape index (κ2) is 11.3. The van der Waals surface area contributed by atoms with Gasteiger partial charge in [0.1, 0.15) is 17.3 Å². The van der Waals surface area contributed by atoms with E-state index in [1.165, 1.54) is 12.1 Å². The van der Waals surface area contributed by atoms with Gasteiger partial charge in [-0.05, 0) is 67.9 Å². The Morgan fingerprint density at radius 1 is 1.03 bits per heavy atom. The van der Waals surface area contributed by atoms with Crippen LogP contribution in [0.15, 0.2) is 71.9 Å². The number of hydrogen-bond donors (Lipinski definition) is 2. The predicted molar refractivity (Wildman–Crippen MR) is 127 cm³/mol. The van der Waals surface area contributed by atoms with Gasteiger partial charge in [-0.25, -0.2) is 14.4 Å². The number of hydrogen-bond acceptors (Lipinski definition) is 4. The molecule has 8 heteroatoms. The maximum absolute atomic E-state index is 12.9. The summed E-state index contributed by atoms with van der Waals surface area (Å²) in [5, 5.41) is 3.04. The Morgan fingerprint density at radius 3 is 2.30 bits per heavy atom. The van der Waals surface area contributed by atoms with E-state index in [2.05, 4.69) is 15.3 Å². The van der Waals surface area contributed by atoms with Gasteiger partial charge in [-0.2, -0.15) is 0 Å². The number of aromatic nitrogens is 1. The second-order valence-corrected chi connectivity index (χ2v) is 6.58. The quantitative estimate of drug-likeness (QED) is 0.249. The van der Waals surface area contributed by atoms with Crippen molar-refractivity contribution in [1.29, 1.82) is 0 Å². The van der Waals surface area contributed by atoms with Crippen LogP contribution in [0.2, 0.25) is 0 Å². The standard InChI is InChI=1S/C22H23FN4O2.HI/c1-15(2)28-19-10-6-18(7-11-19)27-22(24)26-14-16-3-12-21(25-13-16)29-20-8-4-17(23)5-9-20;/h3-13,15H,14H2,1-2H3,(H3,24,26,27);1H. The fourth-order valence-electron chi connectivity index (χ4n) is 2.44. The van der Waals surface area contributed by atoms with Crippen molar-refractivity contribution in [2.75, 3.05) is 5.32 Å². The number of nitrogens with one attached hydrogen (secondary N) is 1. The molecule has 0 saturated carbocycles. The van der Waals surface area contributed by atoms with Crippen molar-refractivity contribution in [1.82, 2.24) is 4.98 Å². The average Bonchev–Trinajstić information content (AvgIpc) is 2.70. The van der Waals surface area contributed by atoms with E-state index in [0.29, 0.717) is 24.1 Å². The monoisotopic (exact) mass is 522 g/mol. The summed E-state index contributed by atoms with van der Waals surface area (Å²) in [6.45, 7) is 4.33. The number of nitrogens with zero attached hydrogens (tertiary/aromatic N) is 2. The average molecular weight is 522 g/mol. The molecule has 0 aliphatic heterocycles. The van der Waals surface area contributed by atoms with Crippen LogP contribution in [0.3, 0.4) is 0 Å². The van der Waals surface area contributed by atoms with Crippen LogP contribution in [0.25, 0.3) is 0 Å². The molecule has 2 aromatic carbocycles. The van der Waals surface area contributed by atoms with Crippen LogP contribution in [0.5, 0.6) is 17.4 Å². The molecule has 3 rings (SSSR count). The van der Waals surface area contributed by atoms with Gasteiger partial charge in [-0.1, -0.05) is 6.07 Å². The first-order valence-electron chi connectivity index (χ1n) is 9.20. The first kappa shape index (κ1) is 23.4. The summed E-state index contributed by atoms with van der Waals surface area (Å²) in [4.78, 5) is 8.54. The fraction of sp³-hybridized carbons (Fsp3) is 0.182. The molecule has 0 aliphatic rings. The van der Waals surface area contributed by atoms with Gasteiger partial charge >= 0.3 is 0 Å². The van der Waals surface area contributed by atoms with Gasteiger partial charge in [0.25, 0.3) is 0 Å². The van der Waals surface area contributed by atoms with E-state index in [9.17, 15) is 4.39 Å². The lowest BCUT2D eigenvalue weighted by Crippen LogP contribution is -2.22. The first-order chi connectivity index (χ1) is 14.0. The van der Waals surface area contributed by atoms with Crippen molar-refractivity contribution in [2.24, 2.45) is 10.7 Å². The third kappa shape index (κ3) is 7.51. The highest BCUT2D eigenvalue weighted by atomic mass is 127. The smallest absolute Gasteiger partial charge is 0.219 e. The Balaban J connectivity index is 0.00000320. The van der Waals surface area contributed by atoms with E-state index in [0.717, 1.165) is 17.0 Å². The lowest BCUT2D eigenvalue weighted by molar-refractivity contribution is 0.242. The van der Waals surface area contributed by atoms with Gasteiger partial charge in [0, 0.05) is 18.0 Å². The molecule has 0 aliphatic carbocycles. The molecule has 6 nitrogen and oxygen atoms in total. The molecule has 0 atom stereocenters. The summed E-state index contributed by atoms with van der Waals surface area (Å²) in [5.74, 6) is 1.72. The van der Waals surface area contributed by atoms with Gasteiger partial charge in [-0.3, -0.25) is 0 Å². The molecule has 3 N–H and O–H groups in total. The number of benzene rings is 2. The zero-order valence-electron chi connectivity index (χ0n) is 16.7. The molecule has 0 bridgehead atoms. The molecule has 0 unspecified atom stereocenters. The van der Waals surface area contributed by atoms with E-state index in [-0.39, 0.29) is 35.9 Å². The Morgan fingerprint density at radius 2 is 1.70 bits per heavy atom. The third-order valence-corrected chi connectivity index (χ3v) is 3.76. The molecule has 30 heavy (non-hydrogen) atoms. The van der Waals surface area contributed by atoms with Crippen molar-refractivity contribution in [3.63, 3.8) is 0 Å². The Hall–Kier alpha value is -2.88. The topological polar surface area (TPSA) is 81.8 Å². The highest BCUT2D eigenvalue weighted by Crippen LogP contribution is 2.20. The third-order valence-electron chi connectivity index (χ3n) is 3.76. The molecule has 0 radical (unpaired) electrons. The molecule has 0 fully saturated rings. The summed E-state index contributed by atoms with van der Waals surface area (Å²) in [6.07, 6.45) is 1.79. The second-order valence-electron chi connectivity index (χ2n) is 6.58. The van der Waals surface area contributed by atoms with Crippen molar-refractivity contribution >= 4 is 35.6 Å². The lowest BCUT2D eigenvalue weighted by atomic mass is 10.3. The van der Waals surface area contributed by atoms with Crippen LogP contribution >= 0.6 is 24.0 Å². The minimum absolute atomic E-state index is 0. The number of pyridine rings is 1. The van der Waals surface area contributed by atoms with Crippen molar-refractivity contribution < 1.29 is 13.9 Å². The Labute approximate surface area is 192 Å². The number of nitrogens with two attached hydrogens (primary N) is 1. The number of guanidine groups is 1. The first-order valence-corrected chi connectivity index (χ1v) is 9.20. The number of ether oxygens (including phenoxy) is 2. The predicted octanol–water partition coefficient (Wildman–Crippen LogP) is 5.35. The van der Waals surface area contributed by atoms with Gasteiger partial charge in [0.2, 0.25) is 5.88 Å². The van der Waals surface area contributed by atoms with E-state index >= 15 is 0 Å². The molecule has 1 aromatic heterocycles. The number of rotatable bonds is 7. The SMILES string of the molecule is CC(C)Oc1ccc(NC(N)=NCc2ccc(Oc3ccc(F)cc3)nc2)cc1.I. The van der Waals surface area contributed by atoms with Crippen LogP contribution in [0, 0.1) is 5.82 Å². The molecule has 0 spiro atoms. The van der Waals surface area contributed by atoms with Crippen LogP contribution in [-0.2, 0) is 6.54 Å². The van der Waals surface area contributed by atoms with E-state index in [4.69, 9.17) is 15.2 Å². The fourth-order valence-corrected chi connectivity index (χ4v) is 2.44. The van der Waals surface area contributed by atoms with Crippen molar-refractivity contribution in [2.45, 2.75) is 26.5 Å². The largest absolute Gasteiger partial charge is 0.491 e. The maximum Gasteiger partial charge on any atom is 0.219 e. The van der Waals surface area contributed by atoms with Crippen LogP contribution in [0.4, 0.5) is 10.1 Å². The van der Waals surface area contributed by atoms with Crippen LogP contribution in [0.1, 0.15) is 19.4 Å². The number of aliphatic imine (C=N–C) groups is 1. The summed E-state index contributed by atoms with van der Waals surface area (Å²) in [6, 6.07) is 16.8. The van der Waals surface area contributed by atoms with Gasteiger partial charge in [0.15, 0.2) is 5.96 Å². The maximum atomic E-state index is 12.9.